The monoisotopic (exact) mass is 468 g/mol. The number of nitrogens with one attached hydrogen (secondary N) is 3. The molecule has 34 heavy (non-hydrogen) atoms. The molecule has 0 atom stereocenters. The van der Waals surface area contributed by atoms with Crippen molar-refractivity contribution in [2.24, 2.45) is 0 Å². The summed E-state index contributed by atoms with van der Waals surface area (Å²) in [7, 11) is 0. The highest BCUT2D eigenvalue weighted by Crippen LogP contribution is 2.33. The van der Waals surface area contributed by atoms with Gasteiger partial charge in [0, 0.05) is 11.3 Å². The minimum absolute atomic E-state index is 0.139. The van der Waals surface area contributed by atoms with Crippen molar-refractivity contribution in [1.29, 1.82) is 0 Å². The molecule has 0 radical (unpaired) electrons. The van der Waals surface area contributed by atoms with E-state index in [0.29, 0.717) is 10.9 Å². The molecule has 0 aliphatic rings. The van der Waals surface area contributed by atoms with Gasteiger partial charge in [-0.15, -0.1) is 0 Å². The Morgan fingerprint density at radius 1 is 0.912 bits per heavy atom. The van der Waals surface area contributed by atoms with Crippen molar-refractivity contribution in [3.63, 3.8) is 0 Å². The summed E-state index contributed by atoms with van der Waals surface area (Å²) >= 11 is 0. The van der Waals surface area contributed by atoms with Crippen LogP contribution in [0.1, 0.15) is 15.9 Å². The lowest BCUT2D eigenvalue weighted by Gasteiger charge is -2.12. The molecule has 9 nitrogen and oxygen atoms in total. The highest BCUT2D eigenvalue weighted by molar-refractivity contribution is 6.07. The lowest BCUT2D eigenvalue weighted by molar-refractivity contribution is -0.383. The van der Waals surface area contributed by atoms with Gasteiger partial charge >= 0.3 is 11.9 Å². The van der Waals surface area contributed by atoms with Gasteiger partial charge in [0.15, 0.2) is 0 Å². The molecule has 0 spiro atoms. The second-order valence-electron chi connectivity index (χ2n) is 6.98. The number of rotatable bonds is 6. The maximum absolute atomic E-state index is 12.8. The number of anilines is 3. The molecule has 0 saturated heterocycles. The zero-order valence-electron chi connectivity index (χ0n) is 17.1. The predicted molar refractivity (Wildman–Crippen MR) is 118 cm³/mol. The van der Waals surface area contributed by atoms with Crippen LogP contribution in [0.25, 0.3) is 10.8 Å². The number of hydrogen-bond donors (Lipinski definition) is 3. The Bertz CT molecular complexity index is 1370. The van der Waals surface area contributed by atoms with E-state index in [0.717, 1.165) is 36.0 Å². The van der Waals surface area contributed by atoms with E-state index >= 15 is 0 Å². The standard InChI is InChI=1S/C22H15F3N6O3/c23-22(24,25)14-8-10-15(11-9-14)28-19-18(31(33)34)20(27-12-26-19)29-30-21(32)17-7-3-5-13-4-1-2-6-16(13)17/h1-12H,(H,30,32)(H2,26,27,28,29). The summed E-state index contributed by atoms with van der Waals surface area (Å²) in [6, 6.07) is 16.3. The van der Waals surface area contributed by atoms with Gasteiger partial charge in [0.25, 0.3) is 5.91 Å². The second kappa shape index (κ2) is 9.02. The van der Waals surface area contributed by atoms with Gasteiger partial charge in [-0.1, -0.05) is 36.4 Å². The summed E-state index contributed by atoms with van der Waals surface area (Å²) in [6.07, 6.45) is -3.51. The number of nitrogens with zero attached hydrogens (tertiary/aromatic N) is 3. The van der Waals surface area contributed by atoms with Crippen LogP contribution in [0.15, 0.2) is 73.1 Å². The van der Waals surface area contributed by atoms with Gasteiger partial charge in [-0.2, -0.15) is 13.2 Å². The average Bonchev–Trinajstić information content (AvgIpc) is 2.82. The fraction of sp³-hybridized carbons (Fsp3) is 0.0455. The van der Waals surface area contributed by atoms with Gasteiger partial charge in [0.1, 0.15) is 6.33 Å². The average molecular weight is 468 g/mol. The van der Waals surface area contributed by atoms with E-state index in [2.05, 4.69) is 26.1 Å². The van der Waals surface area contributed by atoms with Crippen molar-refractivity contribution in [1.82, 2.24) is 15.4 Å². The van der Waals surface area contributed by atoms with Crippen molar-refractivity contribution < 1.29 is 22.9 Å². The van der Waals surface area contributed by atoms with E-state index in [-0.39, 0.29) is 17.3 Å². The maximum Gasteiger partial charge on any atom is 0.416 e. The normalized spacial score (nSPS) is 11.1. The molecule has 0 aliphatic heterocycles. The Kier molecular flexibility index (Phi) is 5.95. The molecule has 0 unspecified atom stereocenters. The highest BCUT2D eigenvalue weighted by atomic mass is 19.4. The summed E-state index contributed by atoms with van der Waals surface area (Å²) in [4.78, 5) is 31.2. The van der Waals surface area contributed by atoms with Crippen molar-refractivity contribution in [3.8, 4) is 0 Å². The quantitative estimate of drug-likeness (QED) is 0.267. The number of halogens is 3. The fourth-order valence-electron chi connectivity index (χ4n) is 3.22. The Morgan fingerprint density at radius 2 is 1.59 bits per heavy atom. The zero-order chi connectivity index (χ0) is 24.3. The molecule has 1 amide bonds. The SMILES string of the molecule is O=C(NNc1ncnc(Nc2ccc(C(F)(F)F)cc2)c1[N+](=O)[O-])c1cccc2ccccc12. The Hall–Kier alpha value is -4.74. The zero-order valence-corrected chi connectivity index (χ0v) is 17.1. The second-order valence-corrected chi connectivity index (χ2v) is 6.98. The van der Waals surface area contributed by atoms with Gasteiger partial charge in [-0.3, -0.25) is 25.8 Å². The first-order valence-electron chi connectivity index (χ1n) is 9.72. The molecule has 4 rings (SSSR count). The lowest BCUT2D eigenvalue weighted by Crippen LogP contribution is -2.30. The van der Waals surface area contributed by atoms with Crippen LogP contribution in [-0.4, -0.2) is 20.8 Å². The van der Waals surface area contributed by atoms with Crippen LogP contribution >= 0.6 is 0 Å². The van der Waals surface area contributed by atoms with E-state index in [4.69, 9.17) is 0 Å². The van der Waals surface area contributed by atoms with E-state index in [1.54, 1.807) is 24.3 Å². The van der Waals surface area contributed by atoms with Crippen LogP contribution in [0, 0.1) is 10.1 Å². The van der Waals surface area contributed by atoms with E-state index in [1.165, 1.54) is 0 Å². The van der Waals surface area contributed by atoms with Crippen LogP contribution < -0.4 is 16.2 Å². The number of nitro groups is 1. The van der Waals surface area contributed by atoms with Gasteiger partial charge in [-0.05, 0) is 41.1 Å². The minimum atomic E-state index is -4.52. The molecule has 0 aliphatic carbocycles. The van der Waals surface area contributed by atoms with Crippen LogP contribution in [-0.2, 0) is 6.18 Å². The molecular formula is C22H15F3N6O3. The molecule has 0 fully saturated rings. The van der Waals surface area contributed by atoms with Crippen molar-refractivity contribution in [3.05, 3.63) is 94.3 Å². The Labute approximate surface area is 189 Å². The largest absolute Gasteiger partial charge is 0.416 e. The van der Waals surface area contributed by atoms with Gasteiger partial charge in [-0.25, -0.2) is 9.97 Å². The van der Waals surface area contributed by atoms with Crippen LogP contribution in [0.5, 0.6) is 0 Å². The van der Waals surface area contributed by atoms with E-state index < -0.39 is 28.3 Å². The smallest absolute Gasteiger partial charge is 0.334 e. The highest BCUT2D eigenvalue weighted by Gasteiger charge is 2.30. The summed E-state index contributed by atoms with van der Waals surface area (Å²) < 4.78 is 38.3. The first-order chi connectivity index (χ1) is 16.2. The molecule has 1 heterocycles. The number of fused-ring (bicyclic) bond motifs is 1. The third-order valence-corrected chi connectivity index (χ3v) is 4.81. The number of benzene rings is 3. The number of amides is 1. The molecule has 3 N–H and O–H groups in total. The Balaban J connectivity index is 1.56. The summed E-state index contributed by atoms with van der Waals surface area (Å²) in [5.74, 6) is -1.15. The van der Waals surface area contributed by atoms with Crippen LogP contribution in [0.2, 0.25) is 0 Å². The van der Waals surface area contributed by atoms with E-state index in [1.807, 2.05) is 18.2 Å². The van der Waals surface area contributed by atoms with Crippen LogP contribution in [0.4, 0.5) is 36.2 Å². The molecule has 0 saturated carbocycles. The third-order valence-electron chi connectivity index (χ3n) is 4.81. The van der Waals surface area contributed by atoms with Crippen molar-refractivity contribution >= 4 is 39.7 Å². The number of hydrazine groups is 1. The Morgan fingerprint density at radius 3 is 2.29 bits per heavy atom. The number of carbonyl (C=O) groups excluding carboxylic acids is 1. The number of alkyl halides is 3. The van der Waals surface area contributed by atoms with E-state index in [9.17, 15) is 28.1 Å². The molecule has 4 aromatic rings. The maximum atomic E-state index is 12.8. The molecule has 3 aromatic carbocycles. The first-order valence-corrected chi connectivity index (χ1v) is 9.72. The summed E-state index contributed by atoms with van der Waals surface area (Å²) in [6.45, 7) is 0. The lowest BCUT2D eigenvalue weighted by atomic mass is 10.0. The molecular weight excluding hydrogens is 453 g/mol. The third kappa shape index (κ3) is 4.70. The number of hydrogen-bond acceptors (Lipinski definition) is 7. The molecule has 1 aromatic heterocycles. The molecule has 12 heteroatoms. The minimum Gasteiger partial charge on any atom is -0.334 e. The molecule has 172 valence electrons. The van der Waals surface area contributed by atoms with Crippen molar-refractivity contribution in [2.45, 2.75) is 6.18 Å². The molecule has 0 bridgehead atoms. The number of aromatic nitrogens is 2. The summed E-state index contributed by atoms with van der Waals surface area (Å²) in [5, 5.41) is 15.8. The predicted octanol–water partition coefficient (Wildman–Crippen LogP) is 5.06. The topological polar surface area (TPSA) is 122 Å². The number of carbonyl (C=O) groups is 1. The van der Waals surface area contributed by atoms with Gasteiger partial charge in [0.2, 0.25) is 11.6 Å². The van der Waals surface area contributed by atoms with Gasteiger partial charge < -0.3 is 5.32 Å². The van der Waals surface area contributed by atoms with Gasteiger partial charge in [0.05, 0.1) is 10.5 Å². The van der Waals surface area contributed by atoms with Crippen LogP contribution in [0.3, 0.4) is 0 Å². The summed E-state index contributed by atoms with van der Waals surface area (Å²) in [5.41, 5.74) is 3.81. The van der Waals surface area contributed by atoms with Crippen molar-refractivity contribution in [2.75, 3.05) is 10.7 Å². The fourth-order valence-corrected chi connectivity index (χ4v) is 3.22. The first kappa shape index (κ1) is 22.5.